The number of nitrogens with one attached hydrogen (secondary N) is 1. The van der Waals surface area contributed by atoms with E-state index in [9.17, 15) is 14.0 Å². The normalized spacial score (nSPS) is 9.72. The first kappa shape index (κ1) is 14.0. The third kappa shape index (κ3) is 3.73. The summed E-state index contributed by atoms with van der Waals surface area (Å²) >= 11 is 0. The molecule has 0 unspecified atom stereocenters. The Hall–Kier alpha value is -2.11. The third-order valence-electron chi connectivity index (χ3n) is 2.26. The van der Waals surface area contributed by atoms with Crippen LogP contribution in [0, 0.1) is 5.82 Å². The molecule has 0 bridgehead atoms. The number of ether oxygens (including phenoxy) is 2. The zero-order chi connectivity index (χ0) is 13.5. The van der Waals surface area contributed by atoms with E-state index in [1.54, 1.807) is 0 Å². The zero-order valence-corrected chi connectivity index (χ0v) is 10.2. The van der Waals surface area contributed by atoms with Crippen molar-refractivity contribution in [1.29, 1.82) is 0 Å². The lowest BCUT2D eigenvalue weighted by atomic mass is 10.2. The number of hydrogen-bond acceptors (Lipinski definition) is 4. The molecule has 0 heterocycles. The Morgan fingerprint density at radius 1 is 1.33 bits per heavy atom. The van der Waals surface area contributed by atoms with Crippen LogP contribution in [0.15, 0.2) is 18.2 Å². The molecule has 1 aromatic carbocycles. The van der Waals surface area contributed by atoms with Gasteiger partial charge in [0.1, 0.15) is 0 Å². The lowest BCUT2D eigenvalue weighted by molar-refractivity contribution is -0.140. The van der Waals surface area contributed by atoms with Crippen molar-refractivity contribution >= 4 is 11.9 Å². The number of amides is 1. The third-order valence-corrected chi connectivity index (χ3v) is 2.26. The Bertz CT molecular complexity index is 448. The predicted molar refractivity (Wildman–Crippen MR) is 61.9 cm³/mol. The first-order valence-electron chi connectivity index (χ1n) is 5.27. The summed E-state index contributed by atoms with van der Waals surface area (Å²) in [6.07, 6.45) is 0.0839. The van der Waals surface area contributed by atoms with E-state index in [-0.39, 0.29) is 24.3 Å². The van der Waals surface area contributed by atoms with Crippen molar-refractivity contribution in [2.45, 2.75) is 6.42 Å². The average molecular weight is 255 g/mol. The second-order valence-electron chi connectivity index (χ2n) is 3.43. The molecule has 0 atom stereocenters. The Morgan fingerprint density at radius 2 is 2.06 bits per heavy atom. The highest BCUT2D eigenvalue weighted by Gasteiger charge is 2.10. The van der Waals surface area contributed by atoms with Gasteiger partial charge in [-0.15, -0.1) is 0 Å². The number of esters is 1. The fourth-order valence-corrected chi connectivity index (χ4v) is 1.28. The van der Waals surface area contributed by atoms with E-state index >= 15 is 0 Å². The number of rotatable bonds is 5. The molecule has 0 fully saturated rings. The molecular formula is C12H14FNO4. The SMILES string of the molecule is COC(=O)CCNC(=O)c1ccc(F)c(OC)c1. The highest BCUT2D eigenvalue weighted by molar-refractivity contribution is 5.94. The van der Waals surface area contributed by atoms with Crippen molar-refractivity contribution in [3.8, 4) is 5.75 Å². The van der Waals surface area contributed by atoms with Gasteiger partial charge in [0.05, 0.1) is 20.6 Å². The summed E-state index contributed by atoms with van der Waals surface area (Å²) < 4.78 is 22.3. The molecule has 1 rings (SSSR count). The molecule has 1 aromatic rings. The first-order valence-corrected chi connectivity index (χ1v) is 5.27. The van der Waals surface area contributed by atoms with Crippen LogP contribution in [-0.4, -0.2) is 32.6 Å². The summed E-state index contributed by atoms with van der Waals surface area (Å²) in [5, 5.41) is 2.52. The van der Waals surface area contributed by atoms with Crippen LogP contribution in [0.5, 0.6) is 5.75 Å². The Balaban J connectivity index is 2.59. The average Bonchev–Trinajstić information content (AvgIpc) is 2.38. The van der Waals surface area contributed by atoms with Crippen molar-refractivity contribution in [3.63, 3.8) is 0 Å². The van der Waals surface area contributed by atoms with Crippen LogP contribution in [0.2, 0.25) is 0 Å². The van der Waals surface area contributed by atoms with E-state index in [2.05, 4.69) is 10.1 Å². The largest absolute Gasteiger partial charge is 0.494 e. The van der Waals surface area contributed by atoms with Gasteiger partial charge in [-0.25, -0.2) is 4.39 Å². The summed E-state index contributed by atoms with van der Waals surface area (Å²) in [5.41, 5.74) is 0.262. The van der Waals surface area contributed by atoms with E-state index in [0.717, 1.165) is 6.07 Å². The molecular weight excluding hydrogens is 241 g/mol. The van der Waals surface area contributed by atoms with Crippen LogP contribution in [0.25, 0.3) is 0 Å². The number of hydrogen-bond donors (Lipinski definition) is 1. The quantitative estimate of drug-likeness (QED) is 0.801. The van der Waals surface area contributed by atoms with E-state index in [0.29, 0.717) is 0 Å². The summed E-state index contributed by atoms with van der Waals surface area (Å²) in [7, 11) is 2.59. The number of carbonyl (C=O) groups is 2. The van der Waals surface area contributed by atoms with Crippen molar-refractivity contribution in [3.05, 3.63) is 29.6 Å². The monoisotopic (exact) mass is 255 g/mol. The van der Waals surface area contributed by atoms with Gasteiger partial charge in [-0.3, -0.25) is 9.59 Å². The van der Waals surface area contributed by atoms with Crippen molar-refractivity contribution < 1.29 is 23.5 Å². The Kier molecular flexibility index (Phi) is 5.10. The van der Waals surface area contributed by atoms with Crippen LogP contribution in [0.4, 0.5) is 4.39 Å². The van der Waals surface area contributed by atoms with E-state index < -0.39 is 17.7 Å². The van der Waals surface area contributed by atoms with Gasteiger partial charge in [0.15, 0.2) is 11.6 Å². The minimum Gasteiger partial charge on any atom is -0.494 e. The summed E-state index contributed by atoms with van der Waals surface area (Å²) in [6, 6.07) is 3.78. The maximum Gasteiger partial charge on any atom is 0.307 e. The van der Waals surface area contributed by atoms with Gasteiger partial charge in [-0.1, -0.05) is 0 Å². The second kappa shape index (κ2) is 6.58. The fraction of sp³-hybridized carbons (Fsp3) is 0.333. The summed E-state index contributed by atoms with van der Waals surface area (Å²) in [5.74, 6) is -1.36. The van der Waals surface area contributed by atoms with E-state index in [1.807, 2.05) is 0 Å². The lowest BCUT2D eigenvalue weighted by Gasteiger charge is -2.06. The number of benzene rings is 1. The lowest BCUT2D eigenvalue weighted by Crippen LogP contribution is -2.26. The van der Waals surface area contributed by atoms with Gasteiger partial charge in [0.25, 0.3) is 5.91 Å². The molecule has 1 N–H and O–H groups in total. The van der Waals surface area contributed by atoms with Crippen molar-refractivity contribution in [2.24, 2.45) is 0 Å². The molecule has 1 amide bonds. The van der Waals surface area contributed by atoms with Gasteiger partial charge >= 0.3 is 5.97 Å². The maximum atomic E-state index is 13.1. The molecule has 98 valence electrons. The van der Waals surface area contributed by atoms with Crippen LogP contribution in [0.3, 0.4) is 0 Å². The zero-order valence-electron chi connectivity index (χ0n) is 10.2. The highest BCUT2D eigenvalue weighted by Crippen LogP contribution is 2.17. The van der Waals surface area contributed by atoms with Crippen LogP contribution < -0.4 is 10.1 Å². The smallest absolute Gasteiger partial charge is 0.307 e. The van der Waals surface area contributed by atoms with Gasteiger partial charge in [0, 0.05) is 12.1 Å². The highest BCUT2D eigenvalue weighted by atomic mass is 19.1. The topological polar surface area (TPSA) is 64.6 Å². The van der Waals surface area contributed by atoms with Crippen LogP contribution in [0.1, 0.15) is 16.8 Å². The molecule has 0 saturated carbocycles. The summed E-state index contributed by atoms with van der Waals surface area (Å²) in [6.45, 7) is 0.158. The van der Waals surface area contributed by atoms with Crippen molar-refractivity contribution in [1.82, 2.24) is 5.32 Å². The van der Waals surface area contributed by atoms with Crippen molar-refractivity contribution in [2.75, 3.05) is 20.8 Å². The molecule has 0 aliphatic heterocycles. The maximum absolute atomic E-state index is 13.1. The standard InChI is InChI=1S/C12H14FNO4/c1-17-10-7-8(3-4-9(10)13)12(16)14-6-5-11(15)18-2/h3-4,7H,5-6H2,1-2H3,(H,14,16). The van der Waals surface area contributed by atoms with E-state index in [1.165, 1.54) is 26.4 Å². The molecule has 5 nitrogen and oxygen atoms in total. The first-order chi connectivity index (χ1) is 8.58. The minimum absolute atomic E-state index is 0.00406. The van der Waals surface area contributed by atoms with Crippen LogP contribution in [-0.2, 0) is 9.53 Å². The molecule has 0 spiro atoms. The molecule has 0 aliphatic rings. The molecule has 6 heteroatoms. The Morgan fingerprint density at radius 3 is 2.67 bits per heavy atom. The molecule has 0 aromatic heterocycles. The second-order valence-corrected chi connectivity index (χ2v) is 3.43. The number of halogens is 1. The van der Waals surface area contributed by atoms with E-state index in [4.69, 9.17) is 4.74 Å². The van der Waals surface area contributed by atoms with Gasteiger partial charge < -0.3 is 14.8 Å². The fourth-order valence-electron chi connectivity index (χ4n) is 1.28. The molecule has 0 saturated heterocycles. The predicted octanol–water partition coefficient (Wildman–Crippen LogP) is 1.13. The van der Waals surface area contributed by atoms with Gasteiger partial charge in [-0.2, -0.15) is 0 Å². The molecule has 0 radical (unpaired) electrons. The van der Waals surface area contributed by atoms with Crippen LogP contribution >= 0.6 is 0 Å². The molecule has 18 heavy (non-hydrogen) atoms. The summed E-state index contributed by atoms with van der Waals surface area (Å²) in [4.78, 5) is 22.5. The minimum atomic E-state index is -0.538. The number of methoxy groups -OCH3 is 2. The van der Waals surface area contributed by atoms with Gasteiger partial charge in [-0.05, 0) is 18.2 Å². The Labute approximate surface area is 104 Å². The molecule has 0 aliphatic carbocycles. The van der Waals surface area contributed by atoms with Gasteiger partial charge in [0.2, 0.25) is 0 Å². The number of carbonyl (C=O) groups excluding carboxylic acids is 2.